The second kappa shape index (κ2) is 5.68. The van der Waals surface area contributed by atoms with Crippen LogP contribution in [-0.4, -0.2) is 28.2 Å². The minimum Gasteiger partial charge on any atom is -0.228 e. The molecule has 102 valence electrons. The average molecular weight is 356 g/mol. The fraction of sp³-hybridized carbons (Fsp3) is 0.400. The van der Waals surface area contributed by atoms with E-state index in [-0.39, 0.29) is 0 Å². The van der Waals surface area contributed by atoms with Gasteiger partial charge in [0.15, 0.2) is 14.9 Å². The quantitative estimate of drug-likeness (QED) is 0.866. The molecule has 0 radical (unpaired) electrons. The van der Waals surface area contributed by atoms with E-state index in [1.165, 1.54) is 0 Å². The first-order valence-electron chi connectivity index (χ1n) is 5.02. The van der Waals surface area contributed by atoms with Gasteiger partial charge in [-0.05, 0) is 24.6 Å². The zero-order valence-electron chi connectivity index (χ0n) is 9.92. The molecule has 0 aliphatic carbocycles. The van der Waals surface area contributed by atoms with Gasteiger partial charge in [-0.25, -0.2) is 21.6 Å². The smallest absolute Gasteiger partial charge is 0.226 e. The highest BCUT2D eigenvalue weighted by atomic mass is 79.9. The first-order chi connectivity index (χ1) is 8.09. The Morgan fingerprint density at radius 2 is 1.89 bits per heavy atom. The van der Waals surface area contributed by atoms with Crippen molar-refractivity contribution in [3.63, 3.8) is 0 Å². The highest BCUT2D eigenvalue weighted by Crippen LogP contribution is 2.18. The maximum Gasteiger partial charge on any atom is 0.226 e. The molecule has 0 spiro atoms. The van der Waals surface area contributed by atoms with Crippen LogP contribution in [0, 0.1) is 0 Å². The fourth-order valence-corrected chi connectivity index (χ4v) is 5.05. The van der Waals surface area contributed by atoms with E-state index in [1.807, 2.05) is 6.07 Å². The van der Waals surface area contributed by atoms with Gasteiger partial charge in [0.05, 0.1) is 0 Å². The lowest BCUT2D eigenvalue weighted by Gasteiger charge is -2.14. The van der Waals surface area contributed by atoms with Crippen molar-refractivity contribution in [3.05, 3.63) is 34.3 Å². The van der Waals surface area contributed by atoms with Crippen molar-refractivity contribution in [2.75, 3.05) is 11.3 Å². The van der Waals surface area contributed by atoms with Crippen LogP contribution in [0.25, 0.3) is 0 Å². The van der Waals surface area contributed by atoms with Crippen molar-refractivity contribution >= 4 is 35.8 Å². The molecule has 0 saturated heterocycles. The monoisotopic (exact) mass is 355 g/mol. The Bertz CT molecular complexity index is 625. The summed E-state index contributed by atoms with van der Waals surface area (Å²) in [5.41, 5.74) is 0.751. The third-order valence-electron chi connectivity index (χ3n) is 2.07. The highest BCUT2D eigenvalue weighted by molar-refractivity contribution is 9.10. The molecule has 18 heavy (non-hydrogen) atoms. The molecule has 1 atom stereocenters. The lowest BCUT2D eigenvalue weighted by molar-refractivity contribution is 0.568. The average Bonchev–Trinajstić information content (AvgIpc) is 2.12. The molecule has 0 aliphatic heterocycles. The molecule has 1 rings (SSSR count). The van der Waals surface area contributed by atoms with Gasteiger partial charge in [0, 0.05) is 16.8 Å². The number of rotatable bonds is 5. The Labute approximate surface area is 116 Å². The number of halogens is 1. The van der Waals surface area contributed by atoms with Crippen LogP contribution in [0.2, 0.25) is 0 Å². The van der Waals surface area contributed by atoms with E-state index in [2.05, 4.69) is 20.7 Å². The van der Waals surface area contributed by atoms with Gasteiger partial charge in [-0.2, -0.15) is 0 Å². The zero-order chi connectivity index (χ0) is 14.0. The van der Waals surface area contributed by atoms with Crippen LogP contribution in [0.3, 0.4) is 0 Å². The van der Waals surface area contributed by atoms with Gasteiger partial charge >= 0.3 is 0 Å². The highest BCUT2D eigenvalue weighted by Gasteiger charge is 2.21. The summed E-state index contributed by atoms with van der Waals surface area (Å²) in [5, 5.41) is -0.904. The number of hydrogen-bond donors (Lipinski definition) is 1. The van der Waals surface area contributed by atoms with E-state index in [4.69, 9.17) is 0 Å². The third kappa shape index (κ3) is 5.47. The van der Waals surface area contributed by atoms with Crippen LogP contribution in [0.1, 0.15) is 18.5 Å². The molecule has 0 fully saturated rings. The molecule has 1 unspecified atom stereocenters. The Hall–Kier alpha value is -0.440. The zero-order valence-corrected chi connectivity index (χ0v) is 13.1. The SMILES string of the molecule is CC(NS(=O)(=O)CS(C)(=O)=O)c1cccc(Br)c1. The maximum atomic E-state index is 11.6. The van der Waals surface area contributed by atoms with Gasteiger partial charge in [-0.3, -0.25) is 0 Å². The molecular formula is C10H14BrNO4S2. The summed E-state index contributed by atoms with van der Waals surface area (Å²) < 4.78 is 48.4. The predicted molar refractivity (Wildman–Crippen MR) is 74.3 cm³/mol. The molecule has 5 nitrogen and oxygen atoms in total. The van der Waals surface area contributed by atoms with E-state index in [1.54, 1.807) is 25.1 Å². The Morgan fingerprint density at radius 1 is 1.28 bits per heavy atom. The van der Waals surface area contributed by atoms with Crippen molar-refractivity contribution in [3.8, 4) is 0 Å². The molecular weight excluding hydrogens is 342 g/mol. The molecule has 1 aromatic rings. The van der Waals surface area contributed by atoms with E-state index in [0.717, 1.165) is 16.3 Å². The van der Waals surface area contributed by atoms with Crippen LogP contribution in [-0.2, 0) is 19.9 Å². The van der Waals surface area contributed by atoms with E-state index >= 15 is 0 Å². The van der Waals surface area contributed by atoms with Gasteiger partial charge in [0.1, 0.15) is 0 Å². The molecule has 1 N–H and O–H groups in total. The standard InChI is InChI=1S/C10H14BrNO4S2/c1-8(9-4-3-5-10(11)6-9)12-18(15,16)7-17(2,13)14/h3-6,8,12H,7H2,1-2H3. The predicted octanol–water partition coefficient (Wildman–Crippen LogP) is 1.43. The fourth-order valence-electron chi connectivity index (χ4n) is 1.43. The van der Waals surface area contributed by atoms with Crippen LogP contribution in [0.5, 0.6) is 0 Å². The van der Waals surface area contributed by atoms with Crippen molar-refractivity contribution in [2.24, 2.45) is 0 Å². The van der Waals surface area contributed by atoms with Gasteiger partial charge in [-0.1, -0.05) is 28.1 Å². The topological polar surface area (TPSA) is 80.3 Å². The van der Waals surface area contributed by atoms with Crippen LogP contribution < -0.4 is 4.72 Å². The third-order valence-corrected chi connectivity index (χ3v) is 6.23. The number of sulfonamides is 1. The van der Waals surface area contributed by atoms with Gasteiger partial charge in [0.2, 0.25) is 10.0 Å². The van der Waals surface area contributed by atoms with Crippen molar-refractivity contribution < 1.29 is 16.8 Å². The number of benzene rings is 1. The largest absolute Gasteiger partial charge is 0.228 e. The van der Waals surface area contributed by atoms with Crippen molar-refractivity contribution in [1.82, 2.24) is 4.72 Å². The summed E-state index contributed by atoms with van der Waals surface area (Å²) in [5.74, 6) is 0. The first kappa shape index (κ1) is 15.6. The molecule has 0 amide bonds. The summed E-state index contributed by atoms with van der Waals surface area (Å²) in [7, 11) is -7.43. The lowest BCUT2D eigenvalue weighted by Crippen LogP contribution is -2.31. The van der Waals surface area contributed by atoms with Crippen molar-refractivity contribution in [1.29, 1.82) is 0 Å². The molecule has 0 aromatic heterocycles. The summed E-state index contributed by atoms with van der Waals surface area (Å²) >= 11 is 3.29. The molecule has 0 heterocycles. The van der Waals surface area contributed by atoms with Crippen LogP contribution in [0.4, 0.5) is 0 Å². The molecule has 0 aliphatic rings. The molecule has 8 heteroatoms. The van der Waals surface area contributed by atoms with Gasteiger partial charge in [-0.15, -0.1) is 0 Å². The minimum atomic E-state index is -3.85. The second-order valence-corrected chi connectivity index (χ2v) is 9.23. The van der Waals surface area contributed by atoms with Crippen LogP contribution in [0.15, 0.2) is 28.7 Å². The number of sulfone groups is 1. The first-order valence-corrected chi connectivity index (χ1v) is 9.53. The van der Waals surface area contributed by atoms with Crippen molar-refractivity contribution in [2.45, 2.75) is 13.0 Å². The Kier molecular flexibility index (Phi) is 4.93. The lowest BCUT2D eigenvalue weighted by atomic mass is 10.1. The second-order valence-electron chi connectivity index (χ2n) is 4.05. The summed E-state index contributed by atoms with van der Waals surface area (Å²) in [6.45, 7) is 1.65. The molecule has 0 saturated carbocycles. The molecule has 1 aromatic carbocycles. The Morgan fingerprint density at radius 3 is 2.39 bits per heavy atom. The number of nitrogens with one attached hydrogen (secondary N) is 1. The summed E-state index contributed by atoms with van der Waals surface area (Å²) in [4.78, 5) is 0. The van der Waals surface area contributed by atoms with E-state index < -0.39 is 31.0 Å². The van der Waals surface area contributed by atoms with E-state index in [9.17, 15) is 16.8 Å². The number of hydrogen-bond acceptors (Lipinski definition) is 4. The van der Waals surface area contributed by atoms with Gasteiger partial charge in [0.25, 0.3) is 0 Å². The minimum absolute atomic E-state index is 0.491. The normalized spacial score (nSPS) is 14.4. The summed E-state index contributed by atoms with van der Waals surface area (Å²) in [6.07, 6.45) is 0.885. The summed E-state index contributed by atoms with van der Waals surface area (Å²) in [6, 6.07) is 6.64. The van der Waals surface area contributed by atoms with Gasteiger partial charge < -0.3 is 0 Å². The molecule has 0 bridgehead atoms. The van der Waals surface area contributed by atoms with E-state index in [0.29, 0.717) is 0 Å². The van der Waals surface area contributed by atoms with Crippen LogP contribution >= 0.6 is 15.9 Å². The Balaban J connectivity index is 2.85. The maximum absolute atomic E-state index is 11.6.